The minimum Gasteiger partial charge on any atom is -0.306 e. The molecule has 3 aromatic rings. The standard InChI is InChI=1S/C18H17BrN4OS/c1-11-2-4-12(5-3-11)17-20-14-8-23(7-6-13(14)18(24)22-17)9-16-21-15(19)10-25-16/h2-5,10H,6-9H2,1H3,(H,20,22,24). The first-order valence-electron chi connectivity index (χ1n) is 8.10. The lowest BCUT2D eigenvalue weighted by Crippen LogP contribution is -2.35. The Kier molecular flexibility index (Phi) is 4.54. The highest BCUT2D eigenvalue weighted by Crippen LogP contribution is 2.22. The van der Waals surface area contributed by atoms with Crippen molar-refractivity contribution in [3.63, 3.8) is 0 Å². The van der Waals surface area contributed by atoms with Crippen molar-refractivity contribution >= 4 is 27.3 Å². The molecule has 0 fully saturated rings. The van der Waals surface area contributed by atoms with Gasteiger partial charge in [-0.3, -0.25) is 9.69 Å². The van der Waals surface area contributed by atoms with E-state index in [1.165, 1.54) is 5.56 Å². The van der Waals surface area contributed by atoms with Gasteiger partial charge in [-0.05, 0) is 29.3 Å². The normalized spacial score (nSPS) is 14.5. The van der Waals surface area contributed by atoms with Gasteiger partial charge in [0.05, 0.1) is 12.2 Å². The Morgan fingerprint density at radius 3 is 2.80 bits per heavy atom. The fourth-order valence-corrected chi connectivity index (χ4v) is 4.34. The van der Waals surface area contributed by atoms with E-state index in [1.54, 1.807) is 11.3 Å². The zero-order valence-electron chi connectivity index (χ0n) is 13.8. The minimum atomic E-state index is -0.0165. The molecule has 3 heterocycles. The predicted molar refractivity (Wildman–Crippen MR) is 103 cm³/mol. The van der Waals surface area contributed by atoms with E-state index < -0.39 is 0 Å². The Bertz CT molecular complexity index is 964. The summed E-state index contributed by atoms with van der Waals surface area (Å²) in [6, 6.07) is 8.05. The number of fused-ring (bicyclic) bond motifs is 1. The number of hydrogen-bond donors (Lipinski definition) is 1. The van der Waals surface area contributed by atoms with Gasteiger partial charge in [-0.1, -0.05) is 29.8 Å². The number of nitrogens with zero attached hydrogens (tertiary/aromatic N) is 3. The van der Waals surface area contributed by atoms with Crippen LogP contribution in [0.5, 0.6) is 0 Å². The Morgan fingerprint density at radius 2 is 2.08 bits per heavy atom. The van der Waals surface area contributed by atoms with Gasteiger partial charge in [0.2, 0.25) is 0 Å². The second-order valence-corrected chi connectivity index (χ2v) is 7.99. The molecule has 0 bridgehead atoms. The summed E-state index contributed by atoms with van der Waals surface area (Å²) in [6.07, 6.45) is 0.721. The molecule has 5 nitrogen and oxygen atoms in total. The zero-order chi connectivity index (χ0) is 17.4. The van der Waals surface area contributed by atoms with Crippen molar-refractivity contribution in [1.82, 2.24) is 19.9 Å². The predicted octanol–water partition coefficient (Wildman–Crippen LogP) is 3.52. The summed E-state index contributed by atoms with van der Waals surface area (Å²) in [5, 5.41) is 3.06. The van der Waals surface area contributed by atoms with Gasteiger partial charge in [0.15, 0.2) is 0 Å². The molecule has 0 saturated carbocycles. The fourth-order valence-electron chi connectivity index (χ4n) is 3.03. The summed E-state index contributed by atoms with van der Waals surface area (Å²) < 4.78 is 0.876. The first-order chi connectivity index (χ1) is 12.1. The first-order valence-corrected chi connectivity index (χ1v) is 9.77. The average Bonchev–Trinajstić information content (AvgIpc) is 3.00. The number of thiazole rings is 1. The highest BCUT2D eigenvalue weighted by molar-refractivity contribution is 9.10. The summed E-state index contributed by atoms with van der Waals surface area (Å²) in [5.41, 5.74) is 3.79. The summed E-state index contributed by atoms with van der Waals surface area (Å²) >= 11 is 5.04. The molecule has 1 N–H and O–H groups in total. The molecular formula is C18H17BrN4OS. The molecule has 0 unspecified atom stereocenters. The van der Waals surface area contributed by atoms with Crippen molar-refractivity contribution in [3.05, 3.63) is 66.4 Å². The maximum absolute atomic E-state index is 12.5. The van der Waals surface area contributed by atoms with Crippen molar-refractivity contribution in [1.29, 1.82) is 0 Å². The molecule has 1 aromatic carbocycles. The van der Waals surface area contributed by atoms with E-state index in [0.717, 1.165) is 45.9 Å². The van der Waals surface area contributed by atoms with Crippen LogP contribution in [0.25, 0.3) is 11.4 Å². The Balaban J connectivity index is 1.62. The SMILES string of the molecule is Cc1ccc(-c2nc3c(c(=O)[nH]2)CCN(Cc2nc(Br)cs2)C3)cc1. The van der Waals surface area contributed by atoms with E-state index in [1.807, 2.05) is 36.6 Å². The van der Waals surface area contributed by atoms with Crippen LogP contribution >= 0.6 is 27.3 Å². The van der Waals surface area contributed by atoms with Crippen LogP contribution in [0.2, 0.25) is 0 Å². The maximum atomic E-state index is 12.5. The van der Waals surface area contributed by atoms with Gasteiger partial charge >= 0.3 is 0 Å². The lowest BCUT2D eigenvalue weighted by Gasteiger charge is -2.26. The Hall–Kier alpha value is -1.83. The minimum absolute atomic E-state index is 0.0165. The largest absolute Gasteiger partial charge is 0.306 e. The quantitative estimate of drug-likeness (QED) is 0.709. The third kappa shape index (κ3) is 3.58. The molecule has 1 aliphatic rings. The molecule has 0 aliphatic carbocycles. The number of aryl methyl sites for hydroxylation is 1. The molecule has 1 aliphatic heterocycles. The van der Waals surface area contributed by atoms with Gasteiger partial charge in [-0.2, -0.15) is 0 Å². The molecule has 128 valence electrons. The molecule has 0 amide bonds. The van der Waals surface area contributed by atoms with Gasteiger partial charge in [0.25, 0.3) is 5.56 Å². The first kappa shape index (κ1) is 16.6. The van der Waals surface area contributed by atoms with Crippen molar-refractivity contribution in [2.75, 3.05) is 6.54 Å². The van der Waals surface area contributed by atoms with Crippen molar-refractivity contribution in [2.24, 2.45) is 0 Å². The van der Waals surface area contributed by atoms with Gasteiger partial charge in [-0.15, -0.1) is 11.3 Å². The maximum Gasteiger partial charge on any atom is 0.254 e. The van der Waals surface area contributed by atoms with E-state index >= 15 is 0 Å². The van der Waals surface area contributed by atoms with Gasteiger partial charge in [-0.25, -0.2) is 9.97 Å². The molecule has 7 heteroatoms. The lowest BCUT2D eigenvalue weighted by molar-refractivity contribution is 0.240. The van der Waals surface area contributed by atoms with E-state index in [4.69, 9.17) is 4.98 Å². The van der Waals surface area contributed by atoms with Crippen LogP contribution in [0.3, 0.4) is 0 Å². The van der Waals surface area contributed by atoms with Crippen molar-refractivity contribution in [3.8, 4) is 11.4 Å². The number of H-pyrrole nitrogens is 1. The van der Waals surface area contributed by atoms with Crippen LogP contribution in [0.4, 0.5) is 0 Å². The number of nitrogens with one attached hydrogen (secondary N) is 1. The molecule has 0 atom stereocenters. The lowest BCUT2D eigenvalue weighted by atomic mass is 10.1. The number of hydrogen-bond acceptors (Lipinski definition) is 5. The van der Waals surface area contributed by atoms with Gasteiger partial charge in [0, 0.05) is 29.6 Å². The number of rotatable bonds is 3. The summed E-state index contributed by atoms with van der Waals surface area (Å²) in [7, 11) is 0. The number of halogens is 1. The smallest absolute Gasteiger partial charge is 0.254 e. The second-order valence-electron chi connectivity index (χ2n) is 6.23. The highest BCUT2D eigenvalue weighted by Gasteiger charge is 2.22. The molecule has 25 heavy (non-hydrogen) atoms. The van der Waals surface area contributed by atoms with Gasteiger partial charge < -0.3 is 4.98 Å². The molecular weight excluding hydrogens is 400 g/mol. The van der Waals surface area contributed by atoms with E-state index in [9.17, 15) is 4.79 Å². The third-order valence-electron chi connectivity index (χ3n) is 4.36. The van der Waals surface area contributed by atoms with Crippen LogP contribution in [0.1, 0.15) is 21.8 Å². The monoisotopic (exact) mass is 416 g/mol. The van der Waals surface area contributed by atoms with E-state index in [2.05, 4.69) is 30.8 Å². The Labute approximate surface area is 157 Å². The third-order valence-corrected chi connectivity index (χ3v) is 5.90. The number of benzene rings is 1. The molecule has 0 spiro atoms. The summed E-state index contributed by atoms with van der Waals surface area (Å²) in [4.78, 5) is 26.9. The van der Waals surface area contributed by atoms with E-state index in [0.29, 0.717) is 12.4 Å². The van der Waals surface area contributed by atoms with Crippen LogP contribution in [-0.2, 0) is 19.5 Å². The van der Waals surface area contributed by atoms with Crippen LogP contribution in [0.15, 0.2) is 39.0 Å². The average molecular weight is 417 g/mol. The number of aromatic amines is 1. The topological polar surface area (TPSA) is 61.9 Å². The fraction of sp³-hybridized carbons (Fsp3) is 0.278. The zero-order valence-corrected chi connectivity index (χ0v) is 16.2. The second kappa shape index (κ2) is 6.82. The van der Waals surface area contributed by atoms with Crippen LogP contribution in [0, 0.1) is 6.92 Å². The molecule has 2 aromatic heterocycles. The van der Waals surface area contributed by atoms with Crippen molar-refractivity contribution in [2.45, 2.75) is 26.4 Å². The Morgan fingerprint density at radius 1 is 1.28 bits per heavy atom. The molecule has 0 radical (unpaired) electrons. The van der Waals surface area contributed by atoms with Crippen LogP contribution in [-0.4, -0.2) is 26.4 Å². The number of aromatic nitrogens is 3. The van der Waals surface area contributed by atoms with E-state index in [-0.39, 0.29) is 5.56 Å². The van der Waals surface area contributed by atoms with Crippen LogP contribution < -0.4 is 5.56 Å². The summed E-state index contributed by atoms with van der Waals surface area (Å²) in [5.74, 6) is 0.641. The molecule has 4 rings (SSSR count). The van der Waals surface area contributed by atoms with Gasteiger partial charge in [0.1, 0.15) is 15.4 Å². The molecule has 0 saturated heterocycles. The van der Waals surface area contributed by atoms with Crippen molar-refractivity contribution < 1.29 is 0 Å². The summed E-state index contributed by atoms with van der Waals surface area (Å²) in [6.45, 7) is 4.35. The highest BCUT2D eigenvalue weighted by atomic mass is 79.9.